The molecule has 0 unspecified atom stereocenters. The first kappa shape index (κ1) is 10.8. The highest BCUT2D eigenvalue weighted by Gasteiger charge is 2.00. The molecule has 0 aliphatic carbocycles. The minimum Gasteiger partial charge on any atom is -0.323 e. The lowest BCUT2D eigenvalue weighted by Gasteiger charge is -2.05. The van der Waals surface area contributed by atoms with Crippen LogP contribution in [0.4, 0.5) is 11.6 Å². The van der Waals surface area contributed by atoms with Gasteiger partial charge in [0.25, 0.3) is 0 Å². The van der Waals surface area contributed by atoms with Crippen molar-refractivity contribution in [1.29, 1.82) is 0 Å². The van der Waals surface area contributed by atoms with Gasteiger partial charge in [-0.3, -0.25) is 0 Å². The molecule has 0 atom stereocenters. The van der Waals surface area contributed by atoms with E-state index < -0.39 is 0 Å². The Labute approximate surface area is 110 Å². The molecule has 1 aromatic carbocycles. The summed E-state index contributed by atoms with van der Waals surface area (Å²) in [5.74, 6) is 0.599. The van der Waals surface area contributed by atoms with Crippen LogP contribution in [0.2, 0.25) is 0 Å². The van der Waals surface area contributed by atoms with Crippen LogP contribution in [0.15, 0.2) is 41.1 Å². The fourth-order valence-electron chi connectivity index (χ4n) is 1.06. The minimum absolute atomic E-state index is 0.599. The first-order valence-electron chi connectivity index (χ1n) is 4.25. The smallest absolute Gasteiger partial charge is 0.227 e. The average Bonchev–Trinajstić information content (AvgIpc) is 2.25. The van der Waals surface area contributed by atoms with E-state index in [0.717, 1.165) is 13.7 Å². The van der Waals surface area contributed by atoms with Crippen LogP contribution in [-0.2, 0) is 0 Å². The molecule has 0 saturated heterocycles. The summed E-state index contributed by atoms with van der Waals surface area (Å²) in [7, 11) is 0. The molecule has 15 heavy (non-hydrogen) atoms. The van der Waals surface area contributed by atoms with Crippen LogP contribution in [0.25, 0.3) is 0 Å². The summed E-state index contributed by atoms with van der Waals surface area (Å²) in [4.78, 5) is 8.28. The van der Waals surface area contributed by atoms with Crippen molar-refractivity contribution in [3.63, 3.8) is 0 Å². The third-order valence-electron chi connectivity index (χ3n) is 1.74. The fraction of sp³-hybridized carbons (Fsp3) is 0. The maximum absolute atomic E-state index is 4.14. The Morgan fingerprint density at radius 3 is 2.47 bits per heavy atom. The number of nitrogens with one attached hydrogen (secondary N) is 1. The Bertz CT molecular complexity index is 458. The predicted molar refractivity (Wildman–Crippen MR) is 72.2 cm³/mol. The molecular weight excluding hydrogens is 369 g/mol. The van der Waals surface area contributed by atoms with Gasteiger partial charge in [-0.2, -0.15) is 0 Å². The van der Waals surface area contributed by atoms with Crippen LogP contribution in [0.3, 0.4) is 0 Å². The maximum atomic E-state index is 4.14. The van der Waals surface area contributed by atoms with Gasteiger partial charge in [0, 0.05) is 16.0 Å². The van der Waals surface area contributed by atoms with Gasteiger partial charge in [-0.05, 0) is 50.7 Å². The molecule has 0 aliphatic heterocycles. The summed E-state index contributed by atoms with van der Waals surface area (Å²) >= 11 is 5.56. The van der Waals surface area contributed by atoms with Crippen molar-refractivity contribution in [2.75, 3.05) is 5.32 Å². The zero-order chi connectivity index (χ0) is 10.7. The zero-order valence-corrected chi connectivity index (χ0v) is 11.4. The summed E-state index contributed by atoms with van der Waals surface area (Å²) in [6.45, 7) is 0. The standard InChI is InChI=1S/C10H7BrIN3/c11-7-5-13-10(14-6-7)15-9-4-2-1-3-8(9)12/h1-6H,(H,13,14,15). The SMILES string of the molecule is Brc1cnc(Nc2ccccc2I)nc1. The van der Waals surface area contributed by atoms with Crippen LogP contribution < -0.4 is 5.32 Å². The van der Waals surface area contributed by atoms with Crippen LogP contribution in [0, 0.1) is 3.57 Å². The molecule has 0 saturated carbocycles. The van der Waals surface area contributed by atoms with Gasteiger partial charge in [0.2, 0.25) is 5.95 Å². The topological polar surface area (TPSA) is 37.8 Å². The van der Waals surface area contributed by atoms with Crippen molar-refractivity contribution >= 4 is 50.2 Å². The van der Waals surface area contributed by atoms with Crippen LogP contribution in [-0.4, -0.2) is 9.97 Å². The van der Waals surface area contributed by atoms with E-state index in [1.165, 1.54) is 0 Å². The monoisotopic (exact) mass is 375 g/mol. The van der Waals surface area contributed by atoms with E-state index in [2.05, 4.69) is 53.8 Å². The van der Waals surface area contributed by atoms with Crippen LogP contribution >= 0.6 is 38.5 Å². The van der Waals surface area contributed by atoms with Gasteiger partial charge in [0.15, 0.2) is 0 Å². The van der Waals surface area contributed by atoms with Crippen molar-refractivity contribution in [2.45, 2.75) is 0 Å². The first-order chi connectivity index (χ1) is 7.25. The summed E-state index contributed by atoms with van der Waals surface area (Å²) in [5.41, 5.74) is 1.01. The first-order valence-corrected chi connectivity index (χ1v) is 6.12. The third-order valence-corrected chi connectivity index (χ3v) is 3.09. The van der Waals surface area contributed by atoms with Gasteiger partial charge >= 0.3 is 0 Å². The van der Waals surface area contributed by atoms with E-state index in [1.807, 2.05) is 24.3 Å². The number of halogens is 2. The van der Waals surface area contributed by atoms with Crippen LogP contribution in [0.5, 0.6) is 0 Å². The molecule has 5 heteroatoms. The van der Waals surface area contributed by atoms with Gasteiger partial charge in [0.05, 0.1) is 10.2 Å². The molecule has 2 aromatic rings. The van der Waals surface area contributed by atoms with E-state index in [0.29, 0.717) is 5.95 Å². The lowest BCUT2D eigenvalue weighted by molar-refractivity contribution is 1.15. The van der Waals surface area contributed by atoms with Crippen molar-refractivity contribution < 1.29 is 0 Å². The van der Waals surface area contributed by atoms with Crippen LogP contribution in [0.1, 0.15) is 0 Å². The highest BCUT2D eigenvalue weighted by atomic mass is 127. The summed E-state index contributed by atoms with van der Waals surface area (Å²) in [6.07, 6.45) is 3.43. The second-order valence-electron chi connectivity index (χ2n) is 2.83. The second-order valence-corrected chi connectivity index (χ2v) is 4.91. The lowest BCUT2D eigenvalue weighted by atomic mass is 10.3. The van der Waals surface area contributed by atoms with Crippen molar-refractivity contribution in [3.8, 4) is 0 Å². The third kappa shape index (κ3) is 2.88. The molecule has 3 nitrogen and oxygen atoms in total. The molecule has 0 fully saturated rings. The summed E-state index contributed by atoms with van der Waals surface area (Å²) < 4.78 is 2.01. The molecule has 76 valence electrons. The van der Waals surface area contributed by atoms with E-state index in [9.17, 15) is 0 Å². The number of benzene rings is 1. The molecular formula is C10H7BrIN3. The van der Waals surface area contributed by atoms with Gasteiger partial charge in [-0.25, -0.2) is 9.97 Å². The molecule has 2 rings (SSSR count). The summed E-state index contributed by atoms with van der Waals surface area (Å²) in [5, 5.41) is 3.15. The highest BCUT2D eigenvalue weighted by Crippen LogP contribution is 2.20. The number of aromatic nitrogens is 2. The normalized spacial score (nSPS) is 10.0. The molecule has 1 heterocycles. The van der Waals surface area contributed by atoms with E-state index in [4.69, 9.17) is 0 Å². The minimum atomic E-state index is 0.599. The van der Waals surface area contributed by atoms with Gasteiger partial charge < -0.3 is 5.32 Å². The molecule has 1 N–H and O–H groups in total. The molecule has 0 spiro atoms. The van der Waals surface area contributed by atoms with Gasteiger partial charge in [0.1, 0.15) is 0 Å². The molecule has 0 aliphatic rings. The Morgan fingerprint density at radius 2 is 1.80 bits per heavy atom. The quantitative estimate of drug-likeness (QED) is 0.815. The van der Waals surface area contributed by atoms with Gasteiger partial charge in [-0.15, -0.1) is 0 Å². The second kappa shape index (κ2) is 4.89. The zero-order valence-electron chi connectivity index (χ0n) is 7.61. The highest BCUT2D eigenvalue weighted by molar-refractivity contribution is 14.1. The van der Waals surface area contributed by atoms with Crippen molar-refractivity contribution in [3.05, 3.63) is 44.7 Å². The fourth-order valence-corrected chi connectivity index (χ4v) is 1.79. The van der Waals surface area contributed by atoms with Gasteiger partial charge in [-0.1, -0.05) is 12.1 Å². The Kier molecular flexibility index (Phi) is 3.53. The van der Waals surface area contributed by atoms with Crippen molar-refractivity contribution in [1.82, 2.24) is 9.97 Å². The molecule has 1 aromatic heterocycles. The maximum Gasteiger partial charge on any atom is 0.227 e. The Hall–Kier alpha value is -0.690. The number of rotatable bonds is 2. The number of anilines is 2. The number of hydrogen-bond donors (Lipinski definition) is 1. The summed E-state index contributed by atoms with van der Waals surface area (Å²) in [6, 6.07) is 7.99. The number of hydrogen-bond acceptors (Lipinski definition) is 3. The Morgan fingerprint density at radius 1 is 1.13 bits per heavy atom. The molecule has 0 radical (unpaired) electrons. The largest absolute Gasteiger partial charge is 0.323 e. The average molecular weight is 376 g/mol. The lowest BCUT2D eigenvalue weighted by Crippen LogP contribution is -1.97. The predicted octanol–water partition coefficient (Wildman–Crippen LogP) is 3.59. The molecule has 0 bridgehead atoms. The van der Waals surface area contributed by atoms with E-state index >= 15 is 0 Å². The number of para-hydroxylation sites is 1. The Balaban J connectivity index is 2.22. The molecule has 0 amide bonds. The van der Waals surface area contributed by atoms with E-state index in [-0.39, 0.29) is 0 Å². The van der Waals surface area contributed by atoms with Crippen molar-refractivity contribution in [2.24, 2.45) is 0 Å². The number of nitrogens with zero attached hydrogens (tertiary/aromatic N) is 2. The van der Waals surface area contributed by atoms with E-state index in [1.54, 1.807) is 12.4 Å².